The first-order valence-electron chi connectivity index (χ1n) is 10.6. The second kappa shape index (κ2) is 10.2. The molecule has 0 aliphatic rings. The lowest BCUT2D eigenvalue weighted by Gasteiger charge is -2.12. The van der Waals surface area contributed by atoms with Crippen molar-refractivity contribution in [3.05, 3.63) is 54.1 Å². The van der Waals surface area contributed by atoms with Crippen molar-refractivity contribution in [1.29, 1.82) is 0 Å². The van der Waals surface area contributed by atoms with E-state index >= 15 is 0 Å². The van der Waals surface area contributed by atoms with Gasteiger partial charge in [-0.2, -0.15) is 5.10 Å². The van der Waals surface area contributed by atoms with E-state index < -0.39 is 5.97 Å². The van der Waals surface area contributed by atoms with E-state index in [4.69, 9.17) is 14.6 Å². The Morgan fingerprint density at radius 2 is 1.87 bits per heavy atom. The Kier molecular flexibility index (Phi) is 7.34. The summed E-state index contributed by atoms with van der Waals surface area (Å²) in [5.74, 6) is 1.02. The molecular weight excluding hydrogens is 392 g/mol. The Morgan fingerprint density at radius 1 is 1.10 bits per heavy atom. The number of carboxylic acids is 1. The van der Waals surface area contributed by atoms with Crippen LogP contribution in [0.4, 0.5) is 0 Å². The van der Waals surface area contributed by atoms with Crippen LogP contribution >= 0.6 is 0 Å². The zero-order valence-corrected chi connectivity index (χ0v) is 18.6. The molecule has 1 heterocycles. The highest BCUT2D eigenvalue weighted by molar-refractivity contribution is 5.77. The van der Waals surface area contributed by atoms with Crippen LogP contribution in [-0.4, -0.2) is 34.6 Å². The first kappa shape index (κ1) is 22.4. The Bertz CT molecular complexity index is 1040. The predicted molar refractivity (Wildman–Crippen MR) is 122 cm³/mol. The number of carboxylic acid groups (broad SMARTS) is 1. The molecule has 0 amide bonds. The molecule has 6 nitrogen and oxygen atoms in total. The standard InChI is InChI=1S/C25H30N2O4/c1-5-12-31-24-11-10-18(14-25(28)29)13-20(24)21-15-22(27(26-21)16-17(2)3)19-8-6-7-9-23(19)30-4/h6-11,13,15,17H,5,12,14,16H2,1-4H3,(H,28,29). The summed E-state index contributed by atoms with van der Waals surface area (Å²) >= 11 is 0. The van der Waals surface area contributed by atoms with Gasteiger partial charge >= 0.3 is 5.97 Å². The van der Waals surface area contributed by atoms with Crippen LogP contribution in [0.1, 0.15) is 32.8 Å². The fraction of sp³-hybridized carbons (Fsp3) is 0.360. The molecule has 1 aromatic heterocycles. The van der Waals surface area contributed by atoms with E-state index in [9.17, 15) is 9.90 Å². The summed E-state index contributed by atoms with van der Waals surface area (Å²) in [7, 11) is 1.66. The summed E-state index contributed by atoms with van der Waals surface area (Å²) in [6.45, 7) is 7.67. The number of aromatic nitrogens is 2. The molecular formula is C25H30N2O4. The second-order valence-electron chi connectivity index (χ2n) is 7.94. The molecule has 0 fully saturated rings. The van der Waals surface area contributed by atoms with Gasteiger partial charge in [0.2, 0.25) is 0 Å². The number of ether oxygens (including phenoxy) is 2. The van der Waals surface area contributed by atoms with Crippen molar-refractivity contribution < 1.29 is 19.4 Å². The van der Waals surface area contributed by atoms with Crippen LogP contribution in [0.25, 0.3) is 22.5 Å². The maximum atomic E-state index is 11.2. The predicted octanol–water partition coefficient (Wildman–Crippen LogP) is 5.30. The Balaban J connectivity index is 2.15. The quantitative estimate of drug-likeness (QED) is 0.480. The fourth-order valence-electron chi connectivity index (χ4n) is 3.51. The van der Waals surface area contributed by atoms with E-state index in [1.165, 1.54) is 0 Å². The van der Waals surface area contributed by atoms with Gasteiger partial charge in [-0.1, -0.05) is 39.0 Å². The molecule has 0 saturated carbocycles. The van der Waals surface area contributed by atoms with Gasteiger partial charge in [-0.25, -0.2) is 0 Å². The summed E-state index contributed by atoms with van der Waals surface area (Å²) < 4.78 is 13.5. The third kappa shape index (κ3) is 5.45. The van der Waals surface area contributed by atoms with Gasteiger partial charge < -0.3 is 14.6 Å². The van der Waals surface area contributed by atoms with Crippen LogP contribution in [0.15, 0.2) is 48.5 Å². The minimum absolute atomic E-state index is 0.0485. The topological polar surface area (TPSA) is 73.6 Å². The van der Waals surface area contributed by atoms with Gasteiger partial charge in [0.1, 0.15) is 11.5 Å². The number of nitrogens with zero attached hydrogens (tertiary/aromatic N) is 2. The lowest BCUT2D eigenvalue weighted by Crippen LogP contribution is -2.08. The largest absolute Gasteiger partial charge is 0.496 e. The molecule has 0 unspecified atom stereocenters. The van der Waals surface area contributed by atoms with Gasteiger partial charge in [0.05, 0.1) is 31.5 Å². The molecule has 164 valence electrons. The number of methoxy groups -OCH3 is 1. The van der Waals surface area contributed by atoms with Crippen LogP contribution in [-0.2, 0) is 17.8 Å². The summed E-state index contributed by atoms with van der Waals surface area (Å²) in [4.78, 5) is 11.2. The van der Waals surface area contributed by atoms with Crippen LogP contribution in [0.3, 0.4) is 0 Å². The monoisotopic (exact) mass is 422 g/mol. The van der Waals surface area contributed by atoms with Crippen LogP contribution in [0, 0.1) is 5.92 Å². The molecule has 0 radical (unpaired) electrons. The summed E-state index contributed by atoms with van der Waals surface area (Å²) in [6.07, 6.45) is 0.831. The average molecular weight is 423 g/mol. The van der Waals surface area contributed by atoms with Crippen molar-refractivity contribution in [2.24, 2.45) is 5.92 Å². The molecule has 3 rings (SSSR count). The molecule has 0 aliphatic carbocycles. The normalized spacial score (nSPS) is 11.0. The van der Waals surface area contributed by atoms with Gasteiger partial charge in [-0.15, -0.1) is 0 Å². The Hall–Kier alpha value is -3.28. The van der Waals surface area contributed by atoms with Crippen molar-refractivity contribution in [3.8, 4) is 34.0 Å². The summed E-state index contributed by atoms with van der Waals surface area (Å²) in [5.41, 5.74) is 4.17. The number of benzene rings is 2. The molecule has 31 heavy (non-hydrogen) atoms. The number of rotatable bonds is 10. The fourth-order valence-corrected chi connectivity index (χ4v) is 3.51. The molecule has 2 aromatic carbocycles. The lowest BCUT2D eigenvalue weighted by molar-refractivity contribution is -0.136. The number of hydrogen-bond acceptors (Lipinski definition) is 4. The zero-order chi connectivity index (χ0) is 22.4. The van der Waals surface area contributed by atoms with E-state index in [0.29, 0.717) is 23.8 Å². The van der Waals surface area contributed by atoms with E-state index in [1.54, 1.807) is 13.2 Å². The molecule has 0 bridgehead atoms. The Labute approximate surface area is 183 Å². The van der Waals surface area contributed by atoms with E-state index in [0.717, 1.165) is 41.2 Å². The summed E-state index contributed by atoms with van der Waals surface area (Å²) in [5, 5.41) is 14.1. The van der Waals surface area contributed by atoms with Gasteiger partial charge in [0.25, 0.3) is 0 Å². The van der Waals surface area contributed by atoms with Crippen molar-refractivity contribution in [2.75, 3.05) is 13.7 Å². The number of aliphatic carboxylic acids is 1. The number of para-hydroxylation sites is 1. The number of carbonyl (C=O) groups is 1. The van der Waals surface area contributed by atoms with E-state index in [1.807, 2.05) is 47.1 Å². The number of hydrogen-bond donors (Lipinski definition) is 1. The highest BCUT2D eigenvalue weighted by Crippen LogP contribution is 2.36. The zero-order valence-electron chi connectivity index (χ0n) is 18.6. The second-order valence-corrected chi connectivity index (χ2v) is 7.94. The SMILES string of the molecule is CCCOc1ccc(CC(=O)O)cc1-c1cc(-c2ccccc2OC)n(CC(C)C)n1. The van der Waals surface area contributed by atoms with Gasteiger partial charge in [-0.3, -0.25) is 9.48 Å². The van der Waals surface area contributed by atoms with E-state index in [-0.39, 0.29) is 6.42 Å². The molecule has 6 heteroatoms. The molecule has 3 aromatic rings. The van der Waals surface area contributed by atoms with Gasteiger partial charge in [0.15, 0.2) is 0 Å². The van der Waals surface area contributed by atoms with Gasteiger partial charge in [-0.05, 0) is 48.2 Å². The molecule has 0 aliphatic heterocycles. The minimum atomic E-state index is -0.867. The molecule has 0 saturated heterocycles. The average Bonchev–Trinajstić information content (AvgIpc) is 3.15. The van der Waals surface area contributed by atoms with Crippen LogP contribution in [0.2, 0.25) is 0 Å². The maximum Gasteiger partial charge on any atom is 0.307 e. The van der Waals surface area contributed by atoms with Crippen molar-refractivity contribution >= 4 is 5.97 Å². The maximum absolute atomic E-state index is 11.2. The third-order valence-corrected chi connectivity index (χ3v) is 4.84. The van der Waals surface area contributed by atoms with Crippen LogP contribution in [0.5, 0.6) is 11.5 Å². The lowest BCUT2D eigenvalue weighted by atomic mass is 10.0. The molecule has 0 spiro atoms. The smallest absolute Gasteiger partial charge is 0.307 e. The van der Waals surface area contributed by atoms with E-state index in [2.05, 4.69) is 20.8 Å². The van der Waals surface area contributed by atoms with Crippen molar-refractivity contribution in [3.63, 3.8) is 0 Å². The summed E-state index contributed by atoms with van der Waals surface area (Å²) in [6, 6.07) is 15.4. The highest BCUT2D eigenvalue weighted by atomic mass is 16.5. The van der Waals surface area contributed by atoms with Crippen molar-refractivity contribution in [2.45, 2.75) is 40.2 Å². The van der Waals surface area contributed by atoms with Gasteiger partial charge in [0, 0.05) is 17.7 Å². The molecule has 0 atom stereocenters. The van der Waals surface area contributed by atoms with Crippen molar-refractivity contribution in [1.82, 2.24) is 9.78 Å². The third-order valence-electron chi connectivity index (χ3n) is 4.84. The highest BCUT2D eigenvalue weighted by Gasteiger charge is 2.19. The Morgan fingerprint density at radius 3 is 2.55 bits per heavy atom. The minimum Gasteiger partial charge on any atom is -0.496 e. The molecule has 1 N–H and O–H groups in total. The van der Waals surface area contributed by atoms with Crippen LogP contribution < -0.4 is 9.47 Å². The first-order chi connectivity index (χ1) is 14.9. The first-order valence-corrected chi connectivity index (χ1v) is 10.6.